The molecule has 3 amide bonds. The minimum absolute atomic E-state index is 0.124. The molecule has 0 spiro atoms. The van der Waals surface area contributed by atoms with Crippen LogP contribution < -0.4 is 10.6 Å². The zero-order valence-electron chi connectivity index (χ0n) is 15.8. The molecule has 0 radical (unpaired) electrons. The number of hydrogen-bond acceptors (Lipinski definition) is 5. The number of aromatic nitrogens is 2. The lowest BCUT2D eigenvalue weighted by molar-refractivity contribution is -0.136. The molecular formula is C18H24N6O3. The maximum absolute atomic E-state index is 12.3. The minimum atomic E-state index is -0.803. The van der Waals surface area contributed by atoms with Crippen LogP contribution in [0.5, 0.6) is 0 Å². The lowest BCUT2D eigenvalue weighted by atomic mass is 9.86. The number of hydrogen-bond donors (Lipinski definition) is 2. The molecule has 1 fully saturated rings. The third-order valence-electron chi connectivity index (χ3n) is 4.47. The second-order valence-electron chi connectivity index (χ2n) is 7.29. The number of anilines is 1. The van der Waals surface area contributed by atoms with E-state index in [0.717, 1.165) is 31.4 Å². The Kier molecular flexibility index (Phi) is 5.48. The summed E-state index contributed by atoms with van der Waals surface area (Å²) < 4.78 is 1.30. The summed E-state index contributed by atoms with van der Waals surface area (Å²) in [5.74, 6) is -1.39. The molecule has 0 saturated heterocycles. The lowest BCUT2D eigenvalue weighted by Crippen LogP contribution is -2.38. The van der Waals surface area contributed by atoms with Crippen molar-refractivity contribution in [2.45, 2.75) is 46.5 Å². The van der Waals surface area contributed by atoms with E-state index in [2.05, 4.69) is 25.7 Å². The van der Waals surface area contributed by atoms with Crippen LogP contribution in [0.15, 0.2) is 16.1 Å². The van der Waals surface area contributed by atoms with E-state index >= 15 is 0 Å². The molecular weight excluding hydrogens is 348 g/mol. The highest BCUT2D eigenvalue weighted by molar-refractivity contribution is 6.39. The van der Waals surface area contributed by atoms with Gasteiger partial charge in [-0.05, 0) is 32.1 Å². The first-order chi connectivity index (χ1) is 12.8. The van der Waals surface area contributed by atoms with Gasteiger partial charge in [-0.25, -0.2) is 4.99 Å². The van der Waals surface area contributed by atoms with Crippen molar-refractivity contribution >= 4 is 35.2 Å². The highest BCUT2D eigenvalue weighted by Gasteiger charge is 2.32. The molecule has 1 aromatic rings. The van der Waals surface area contributed by atoms with Gasteiger partial charge in [-0.3, -0.25) is 14.4 Å². The largest absolute Gasteiger partial charge is 0.348 e. The van der Waals surface area contributed by atoms with Crippen molar-refractivity contribution in [2.75, 3.05) is 11.9 Å². The molecule has 1 aliphatic carbocycles. The number of carbonyl (C=O) groups is 3. The molecule has 0 aromatic carbocycles. The molecule has 1 aromatic heterocycles. The molecule has 0 bridgehead atoms. The van der Waals surface area contributed by atoms with E-state index in [0.29, 0.717) is 12.2 Å². The highest BCUT2D eigenvalue weighted by Crippen LogP contribution is 2.26. The molecule has 144 valence electrons. The van der Waals surface area contributed by atoms with Crippen molar-refractivity contribution in [1.82, 2.24) is 15.1 Å². The van der Waals surface area contributed by atoms with Crippen molar-refractivity contribution in [3.63, 3.8) is 0 Å². The Morgan fingerprint density at radius 2 is 2.04 bits per heavy atom. The Labute approximate surface area is 157 Å². The summed E-state index contributed by atoms with van der Waals surface area (Å²) in [4.78, 5) is 45.0. The van der Waals surface area contributed by atoms with Crippen LogP contribution >= 0.6 is 0 Å². The standard InChI is InChI=1S/C18H24N6O3/c1-10(2)9-19-16(26)17(27)21-14-8-11(3)23-24(14)18-20-13-7-5-4-6-12(13)15(25)22-18/h8,10,12H,4-7,9H2,1-3H3,(H,19,26)(H,21,27). The van der Waals surface area contributed by atoms with Gasteiger partial charge in [0.05, 0.1) is 11.6 Å². The third-order valence-corrected chi connectivity index (χ3v) is 4.47. The minimum Gasteiger partial charge on any atom is -0.348 e. The second kappa shape index (κ2) is 7.81. The topological polar surface area (TPSA) is 118 Å². The second-order valence-corrected chi connectivity index (χ2v) is 7.29. The molecule has 1 saturated carbocycles. The molecule has 1 unspecified atom stereocenters. The monoisotopic (exact) mass is 372 g/mol. The lowest BCUT2D eigenvalue weighted by Gasteiger charge is -2.24. The zero-order chi connectivity index (χ0) is 19.6. The number of rotatable bonds is 3. The van der Waals surface area contributed by atoms with E-state index in [1.54, 1.807) is 13.0 Å². The predicted molar refractivity (Wildman–Crippen MR) is 101 cm³/mol. The summed E-state index contributed by atoms with van der Waals surface area (Å²) in [6.07, 6.45) is 3.52. The predicted octanol–water partition coefficient (Wildman–Crippen LogP) is 1.28. The smallest absolute Gasteiger partial charge is 0.314 e. The van der Waals surface area contributed by atoms with E-state index in [4.69, 9.17) is 0 Å². The van der Waals surface area contributed by atoms with Crippen LogP contribution in [0, 0.1) is 18.8 Å². The first kappa shape index (κ1) is 18.9. The summed E-state index contributed by atoms with van der Waals surface area (Å²) in [6, 6.07) is 1.60. The Morgan fingerprint density at radius 3 is 2.78 bits per heavy atom. The normalized spacial score (nSPS) is 19.3. The van der Waals surface area contributed by atoms with Crippen LogP contribution in [-0.2, 0) is 14.4 Å². The van der Waals surface area contributed by atoms with Gasteiger partial charge in [0, 0.05) is 18.3 Å². The Morgan fingerprint density at radius 1 is 1.26 bits per heavy atom. The van der Waals surface area contributed by atoms with E-state index in [-0.39, 0.29) is 29.5 Å². The average Bonchev–Trinajstić information content (AvgIpc) is 2.99. The molecule has 3 rings (SSSR count). The molecule has 2 aliphatic rings. The maximum atomic E-state index is 12.3. The summed E-state index contributed by atoms with van der Waals surface area (Å²) in [6.45, 7) is 6.02. The fourth-order valence-corrected chi connectivity index (χ4v) is 3.11. The van der Waals surface area contributed by atoms with Crippen molar-refractivity contribution < 1.29 is 14.4 Å². The van der Waals surface area contributed by atoms with E-state index < -0.39 is 11.8 Å². The van der Waals surface area contributed by atoms with Gasteiger partial charge in [-0.15, -0.1) is 0 Å². The first-order valence-corrected chi connectivity index (χ1v) is 9.21. The summed E-state index contributed by atoms with van der Waals surface area (Å²) in [5, 5.41) is 9.36. The van der Waals surface area contributed by atoms with Gasteiger partial charge in [-0.2, -0.15) is 14.8 Å². The quantitative estimate of drug-likeness (QED) is 0.777. The highest BCUT2D eigenvalue weighted by atomic mass is 16.2. The van der Waals surface area contributed by atoms with Gasteiger partial charge < -0.3 is 10.6 Å². The first-order valence-electron chi connectivity index (χ1n) is 9.21. The van der Waals surface area contributed by atoms with Crippen LogP contribution in [0.2, 0.25) is 0 Å². The Hall–Kier alpha value is -2.84. The molecule has 2 N–H and O–H groups in total. The molecule has 1 aliphatic heterocycles. The maximum Gasteiger partial charge on any atom is 0.314 e. The van der Waals surface area contributed by atoms with E-state index in [1.807, 2.05) is 13.8 Å². The average molecular weight is 372 g/mol. The van der Waals surface area contributed by atoms with Crippen LogP contribution in [-0.4, -0.2) is 45.7 Å². The van der Waals surface area contributed by atoms with Gasteiger partial charge in [0.25, 0.3) is 11.9 Å². The molecule has 9 nitrogen and oxygen atoms in total. The molecule has 1 atom stereocenters. The fraction of sp³-hybridized carbons (Fsp3) is 0.556. The fourth-order valence-electron chi connectivity index (χ4n) is 3.11. The van der Waals surface area contributed by atoms with Crippen molar-refractivity contribution in [3.05, 3.63) is 11.8 Å². The Bertz CT molecular complexity index is 836. The third kappa shape index (κ3) is 4.29. The number of nitrogens with one attached hydrogen (secondary N) is 2. The van der Waals surface area contributed by atoms with Crippen LogP contribution in [0.25, 0.3) is 0 Å². The number of carbonyl (C=O) groups excluding carboxylic acids is 3. The van der Waals surface area contributed by atoms with Gasteiger partial charge in [0.15, 0.2) is 0 Å². The van der Waals surface area contributed by atoms with Crippen LogP contribution in [0.3, 0.4) is 0 Å². The van der Waals surface area contributed by atoms with Crippen molar-refractivity contribution in [3.8, 4) is 0 Å². The SMILES string of the molecule is Cc1cc(NC(=O)C(=O)NCC(C)C)n(C2=NC(=O)C3CCCCC3=N2)n1. The number of aryl methyl sites for hydroxylation is 1. The van der Waals surface area contributed by atoms with Crippen LogP contribution in [0.4, 0.5) is 5.82 Å². The van der Waals surface area contributed by atoms with Gasteiger partial charge in [0.2, 0.25) is 0 Å². The summed E-state index contributed by atoms with van der Waals surface area (Å²) >= 11 is 0. The molecule has 27 heavy (non-hydrogen) atoms. The summed E-state index contributed by atoms with van der Waals surface area (Å²) in [5.41, 5.74) is 1.42. The van der Waals surface area contributed by atoms with E-state index in [9.17, 15) is 14.4 Å². The van der Waals surface area contributed by atoms with Gasteiger partial charge in [0.1, 0.15) is 5.82 Å². The molecule has 2 heterocycles. The van der Waals surface area contributed by atoms with Crippen molar-refractivity contribution in [2.24, 2.45) is 21.8 Å². The van der Waals surface area contributed by atoms with Crippen molar-refractivity contribution in [1.29, 1.82) is 0 Å². The van der Waals surface area contributed by atoms with E-state index in [1.165, 1.54) is 4.68 Å². The number of nitrogens with zero attached hydrogens (tertiary/aromatic N) is 4. The number of aliphatic imine (C=N–C) groups is 2. The summed E-state index contributed by atoms with van der Waals surface area (Å²) in [7, 11) is 0. The number of fused-ring (bicyclic) bond motifs is 1. The molecule has 9 heteroatoms. The number of amides is 3. The Balaban J connectivity index is 1.80. The van der Waals surface area contributed by atoms with Crippen LogP contribution in [0.1, 0.15) is 45.2 Å². The van der Waals surface area contributed by atoms with Gasteiger partial charge in [-0.1, -0.05) is 20.3 Å². The zero-order valence-corrected chi connectivity index (χ0v) is 15.8. The van der Waals surface area contributed by atoms with Gasteiger partial charge >= 0.3 is 11.8 Å².